The molecule has 0 spiro atoms. The molecule has 1 saturated heterocycles. The van der Waals surface area contributed by atoms with Gasteiger partial charge in [0, 0.05) is 25.6 Å². The van der Waals surface area contributed by atoms with Crippen molar-refractivity contribution in [2.45, 2.75) is 24.7 Å². The molecule has 0 saturated carbocycles. The summed E-state index contributed by atoms with van der Waals surface area (Å²) in [6.45, 7) is 0.684. The van der Waals surface area contributed by atoms with Gasteiger partial charge in [-0.05, 0) is 17.7 Å². The zero-order valence-electron chi connectivity index (χ0n) is 10.6. The van der Waals surface area contributed by atoms with Crippen LogP contribution in [0.15, 0.2) is 24.3 Å². The van der Waals surface area contributed by atoms with Gasteiger partial charge in [0.2, 0.25) is 5.91 Å². The summed E-state index contributed by atoms with van der Waals surface area (Å²) in [6, 6.07) is 4.35. The molecule has 0 aliphatic carbocycles. The van der Waals surface area contributed by atoms with Crippen molar-refractivity contribution in [2.24, 2.45) is 0 Å². The number of alkyl halides is 3. The van der Waals surface area contributed by atoms with E-state index < -0.39 is 17.8 Å². The van der Waals surface area contributed by atoms with Crippen molar-refractivity contribution >= 4 is 5.91 Å². The van der Waals surface area contributed by atoms with Gasteiger partial charge in [0.1, 0.15) is 0 Å². The first-order valence-electron chi connectivity index (χ1n) is 6.21. The van der Waals surface area contributed by atoms with Crippen LogP contribution >= 0.6 is 0 Å². The minimum absolute atomic E-state index is 0.0494. The van der Waals surface area contributed by atoms with Gasteiger partial charge in [-0.2, -0.15) is 13.2 Å². The molecule has 1 fully saturated rings. The highest BCUT2D eigenvalue weighted by Crippen LogP contribution is 2.29. The Bertz CT molecular complexity index is 473. The van der Waals surface area contributed by atoms with Crippen LogP contribution in [0, 0.1) is 0 Å². The second kappa shape index (κ2) is 5.80. The molecule has 20 heavy (non-hydrogen) atoms. The number of carbonyl (C=O) groups is 1. The third-order valence-electron chi connectivity index (χ3n) is 3.20. The van der Waals surface area contributed by atoms with Crippen LogP contribution < -0.4 is 10.6 Å². The van der Waals surface area contributed by atoms with Gasteiger partial charge in [-0.1, -0.05) is 12.1 Å². The number of rotatable bonds is 4. The number of carbonyl (C=O) groups excluding carboxylic acids is 1. The van der Waals surface area contributed by atoms with Crippen molar-refractivity contribution in [3.8, 4) is 0 Å². The molecule has 1 aliphatic heterocycles. The topological polar surface area (TPSA) is 61.4 Å². The normalized spacial score (nSPS) is 20.8. The van der Waals surface area contributed by atoms with Gasteiger partial charge in [-0.15, -0.1) is 0 Å². The molecule has 7 heteroatoms. The summed E-state index contributed by atoms with van der Waals surface area (Å²) in [5, 5.41) is 15.5. The molecule has 2 atom stereocenters. The van der Waals surface area contributed by atoms with Gasteiger partial charge >= 0.3 is 6.18 Å². The number of aliphatic hydroxyl groups excluding tert-OH is 1. The number of hydrogen-bond donors (Lipinski definition) is 3. The first-order valence-corrected chi connectivity index (χ1v) is 6.21. The fourth-order valence-electron chi connectivity index (χ4n) is 2.04. The molecule has 1 aromatic carbocycles. The third kappa shape index (κ3) is 3.71. The maximum absolute atomic E-state index is 12.4. The number of halogens is 3. The lowest BCUT2D eigenvalue weighted by atomic mass is 10.1. The number of nitrogens with one attached hydrogen (secondary N) is 2. The molecular weight excluding hydrogens is 273 g/mol. The lowest BCUT2D eigenvalue weighted by Gasteiger charge is -2.16. The monoisotopic (exact) mass is 288 g/mol. The minimum atomic E-state index is -4.38. The highest BCUT2D eigenvalue weighted by Gasteiger charge is 2.30. The van der Waals surface area contributed by atoms with Gasteiger partial charge in [0.05, 0.1) is 11.7 Å². The van der Waals surface area contributed by atoms with E-state index in [0.29, 0.717) is 18.5 Å². The van der Waals surface area contributed by atoms with Crippen LogP contribution in [0.2, 0.25) is 0 Å². The molecule has 4 nitrogen and oxygen atoms in total. The van der Waals surface area contributed by atoms with E-state index in [4.69, 9.17) is 0 Å². The van der Waals surface area contributed by atoms with Crippen molar-refractivity contribution in [3.05, 3.63) is 35.4 Å². The van der Waals surface area contributed by atoms with E-state index in [1.54, 1.807) is 0 Å². The number of hydrogen-bond acceptors (Lipinski definition) is 3. The van der Waals surface area contributed by atoms with Gasteiger partial charge in [0.25, 0.3) is 0 Å². The van der Waals surface area contributed by atoms with Crippen LogP contribution in [-0.2, 0) is 11.0 Å². The van der Waals surface area contributed by atoms with Crippen molar-refractivity contribution in [1.29, 1.82) is 0 Å². The maximum atomic E-state index is 12.4. The van der Waals surface area contributed by atoms with Gasteiger partial charge in [-0.3, -0.25) is 4.79 Å². The average molecular weight is 288 g/mol. The van der Waals surface area contributed by atoms with Crippen LogP contribution in [-0.4, -0.2) is 30.1 Å². The lowest BCUT2D eigenvalue weighted by molar-refractivity contribution is -0.137. The molecule has 110 valence electrons. The van der Waals surface area contributed by atoms with Gasteiger partial charge < -0.3 is 15.7 Å². The molecule has 3 N–H and O–H groups in total. The molecule has 2 unspecified atom stereocenters. The predicted molar refractivity (Wildman–Crippen MR) is 65.8 cm³/mol. The molecule has 1 heterocycles. The fraction of sp³-hybridized carbons (Fsp3) is 0.462. The second-order valence-electron chi connectivity index (χ2n) is 4.75. The Hall–Kier alpha value is -1.60. The Morgan fingerprint density at radius 3 is 2.50 bits per heavy atom. The highest BCUT2D eigenvalue weighted by atomic mass is 19.4. The van der Waals surface area contributed by atoms with E-state index in [1.165, 1.54) is 12.1 Å². The SMILES string of the molecule is O=C1CC(NCC(O)c2ccc(C(F)(F)F)cc2)CN1. The quantitative estimate of drug-likeness (QED) is 0.780. The standard InChI is InChI=1S/C13H15F3N2O2/c14-13(15,16)9-3-1-8(2-4-9)11(19)7-17-10-5-12(20)18-6-10/h1-4,10-11,17,19H,5-7H2,(H,18,20). The molecule has 2 rings (SSSR count). The molecule has 0 aromatic heterocycles. The average Bonchev–Trinajstić information content (AvgIpc) is 2.81. The van der Waals surface area contributed by atoms with E-state index >= 15 is 0 Å². The van der Waals surface area contributed by atoms with Crippen LogP contribution in [0.4, 0.5) is 13.2 Å². The first kappa shape index (κ1) is 14.8. The van der Waals surface area contributed by atoms with Gasteiger partial charge in [0.15, 0.2) is 0 Å². The summed E-state index contributed by atoms with van der Waals surface area (Å²) in [7, 11) is 0. The molecule has 1 aromatic rings. The second-order valence-corrected chi connectivity index (χ2v) is 4.75. The molecular formula is C13H15F3N2O2. The summed E-state index contributed by atoms with van der Waals surface area (Å²) in [6.07, 6.45) is -4.94. The molecule has 0 radical (unpaired) electrons. The summed E-state index contributed by atoms with van der Waals surface area (Å²) in [5.74, 6) is -0.0495. The number of benzene rings is 1. The highest BCUT2D eigenvalue weighted by molar-refractivity contribution is 5.78. The largest absolute Gasteiger partial charge is 0.416 e. The zero-order chi connectivity index (χ0) is 14.8. The maximum Gasteiger partial charge on any atom is 0.416 e. The smallest absolute Gasteiger partial charge is 0.387 e. The van der Waals surface area contributed by atoms with E-state index in [1.807, 2.05) is 0 Å². The van der Waals surface area contributed by atoms with E-state index in [9.17, 15) is 23.1 Å². The van der Waals surface area contributed by atoms with Crippen LogP contribution in [0.25, 0.3) is 0 Å². The molecule has 0 bridgehead atoms. The van der Waals surface area contributed by atoms with Crippen LogP contribution in [0.3, 0.4) is 0 Å². The van der Waals surface area contributed by atoms with Crippen LogP contribution in [0.5, 0.6) is 0 Å². The molecule has 1 amide bonds. The van der Waals surface area contributed by atoms with Gasteiger partial charge in [-0.25, -0.2) is 0 Å². The summed E-state index contributed by atoms with van der Waals surface area (Å²) < 4.78 is 37.2. The van der Waals surface area contributed by atoms with Crippen LogP contribution in [0.1, 0.15) is 23.7 Å². The number of aliphatic hydroxyl groups is 1. The predicted octanol–water partition coefficient (Wildman–Crippen LogP) is 1.22. The Labute approximate surface area is 114 Å². The lowest BCUT2D eigenvalue weighted by Crippen LogP contribution is -2.34. The Morgan fingerprint density at radius 2 is 2.00 bits per heavy atom. The van der Waals surface area contributed by atoms with E-state index in [-0.39, 0.29) is 18.5 Å². The van der Waals surface area contributed by atoms with Crippen molar-refractivity contribution in [2.75, 3.05) is 13.1 Å². The zero-order valence-corrected chi connectivity index (χ0v) is 10.6. The summed E-state index contributed by atoms with van der Waals surface area (Å²) in [5.41, 5.74) is -0.338. The van der Waals surface area contributed by atoms with Crippen molar-refractivity contribution in [1.82, 2.24) is 10.6 Å². The van der Waals surface area contributed by atoms with E-state index in [2.05, 4.69) is 10.6 Å². The van der Waals surface area contributed by atoms with Crippen molar-refractivity contribution < 1.29 is 23.1 Å². The minimum Gasteiger partial charge on any atom is -0.387 e. The summed E-state index contributed by atoms with van der Waals surface area (Å²) >= 11 is 0. The number of amides is 1. The fourth-order valence-corrected chi connectivity index (χ4v) is 2.04. The summed E-state index contributed by atoms with van der Waals surface area (Å²) in [4.78, 5) is 11.0. The Kier molecular flexibility index (Phi) is 4.29. The van der Waals surface area contributed by atoms with E-state index in [0.717, 1.165) is 12.1 Å². The third-order valence-corrected chi connectivity index (χ3v) is 3.20. The first-order chi connectivity index (χ1) is 9.36. The Morgan fingerprint density at radius 1 is 1.35 bits per heavy atom. The molecule has 1 aliphatic rings. The Balaban J connectivity index is 1.89. The van der Waals surface area contributed by atoms with Crippen molar-refractivity contribution in [3.63, 3.8) is 0 Å².